The predicted octanol–water partition coefficient (Wildman–Crippen LogP) is 4.03. The molecule has 0 atom stereocenters. The zero-order valence-corrected chi connectivity index (χ0v) is 16.9. The van der Waals surface area contributed by atoms with Gasteiger partial charge in [0.1, 0.15) is 5.00 Å². The van der Waals surface area contributed by atoms with Crippen molar-refractivity contribution in [2.75, 3.05) is 11.9 Å². The normalized spacial score (nSPS) is 12.8. The monoisotopic (exact) mass is 411 g/mol. The van der Waals surface area contributed by atoms with Gasteiger partial charge in [-0.2, -0.15) is 5.26 Å². The van der Waals surface area contributed by atoms with Crippen molar-refractivity contribution in [1.82, 2.24) is 5.32 Å². The number of thiophene rings is 1. The summed E-state index contributed by atoms with van der Waals surface area (Å²) in [5, 5.41) is 14.4. The van der Waals surface area contributed by atoms with Gasteiger partial charge in [0, 0.05) is 10.4 Å². The first kappa shape index (κ1) is 20.6. The number of imide groups is 1. The highest BCUT2D eigenvalue weighted by atomic mass is 32.1. The molecule has 1 aliphatic rings. The minimum Gasteiger partial charge on any atom is -0.450 e. The second kappa shape index (κ2) is 9.34. The fourth-order valence-electron chi connectivity index (χ4n) is 3.26. The van der Waals surface area contributed by atoms with Crippen LogP contribution in [0.1, 0.15) is 62.9 Å². The topological polar surface area (TPSA) is 108 Å². The summed E-state index contributed by atoms with van der Waals surface area (Å²) >= 11 is 1.38. The van der Waals surface area contributed by atoms with Crippen molar-refractivity contribution >= 4 is 34.2 Å². The van der Waals surface area contributed by atoms with Gasteiger partial charge in [0.25, 0.3) is 11.8 Å². The maximum absolute atomic E-state index is 12.8. The first-order valence-corrected chi connectivity index (χ1v) is 10.3. The van der Waals surface area contributed by atoms with Crippen LogP contribution in [-0.4, -0.2) is 24.5 Å². The van der Waals surface area contributed by atoms with E-state index in [2.05, 4.69) is 10.6 Å². The number of anilines is 1. The Labute approximate surface area is 172 Å². The number of carbonyl (C=O) groups is 3. The third-order valence-electron chi connectivity index (χ3n) is 4.64. The Morgan fingerprint density at radius 1 is 1.10 bits per heavy atom. The van der Waals surface area contributed by atoms with Gasteiger partial charge in [0.05, 0.1) is 23.8 Å². The number of nitrogens with one attached hydrogen (secondary N) is 2. The lowest BCUT2D eigenvalue weighted by Crippen LogP contribution is -2.32. The molecular formula is C21H21N3O4S. The summed E-state index contributed by atoms with van der Waals surface area (Å²) < 4.78 is 4.81. The summed E-state index contributed by atoms with van der Waals surface area (Å²) in [6.45, 7) is 1.81. The van der Waals surface area contributed by atoms with Crippen LogP contribution in [0.2, 0.25) is 0 Å². The molecular weight excluding hydrogens is 390 g/mol. The second-order valence-corrected chi connectivity index (χ2v) is 7.69. The van der Waals surface area contributed by atoms with E-state index in [1.165, 1.54) is 11.3 Å². The summed E-state index contributed by atoms with van der Waals surface area (Å²) in [4.78, 5) is 38.3. The maximum Gasteiger partial charge on any atom is 0.414 e. The van der Waals surface area contributed by atoms with Crippen LogP contribution < -0.4 is 10.6 Å². The van der Waals surface area contributed by atoms with E-state index < -0.39 is 12.0 Å². The fraction of sp³-hybridized carbons (Fsp3) is 0.333. The Balaban J connectivity index is 1.90. The van der Waals surface area contributed by atoms with Gasteiger partial charge in [-0.3, -0.25) is 14.9 Å². The molecule has 2 N–H and O–H groups in total. The minimum atomic E-state index is -0.810. The van der Waals surface area contributed by atoms with Crippen molar-refractivity contribution in [2.45, 2.75) is 39.0 Å². The van der Waals surface area contributed by atoms with Crippen molar-refractivity contribution in [1.29, 1.82) is 5.26 Å². The quantitative estimate of drug-likeness (QED) is 0.739. The first-order valence-electron chi connectivity index (χ1n) is 9.47. The van der Waals surface area contributed by atoms with E-state index in [-0.39, 0.29) is 12.5 Å². The molecule has 0 fully saturated rings. The Morgan fingerprint density at radius 2 is 1.83 bits per heavy atom. The Morgan fingerprint density at radius 3 is 2.52 bits per heavy atom. The molecule has 29 heavy (non-hydrogen) atoms. The molecule has 1 aromatic heterocycles. The Bertz CT molecular complexity index is 973. The van der Waals surface area contributed by atoms with Crippen LogP contribution in [0.15, 0.2) is 24.3 Å². The summed E-state index contributed by atoms with van der Waals surface area (Å²) in [5.41, 5.74) is 2.06. The van der Waals surface area contributed by atoms with Crippen LogP contribution in [0.5, 0.6) is 0 Å². The van der Waals surface area contributed by atoms with Gasteiger partial charge in [-0.05, 0) is 62.4 Å². The van der Waals surface area contributed by atoms with Crippen molar-refractivity contribution in [3.05, 3.63) is 51.4 Å². The third-order valence-corrected chi connectivity index (χ3v) is 5.85. The van der Waals surface area contributed by atoms with Gasteiger partial charge in [-0.15, -0.1) is 11.3 Å². The number of aryl methyl sites for hydroxylation is 1. The number of fused-ring (bicyclic) bond motifs is 1. The number of ether oxygens (including phenoxy) is 1. The number of amides is 3. The maximum atomic E-state index is 12.8. The van der Waals surface area contributed by atoms with E-state index in [4.69, 9.17) is 10.00 Å². The number of alkyl carbamates (subject to hydrolysis) is 1. The third kappa shape index (κ3) is 4.81. The SMILES string of the molecule is CCOC(=O)NC(=O)c1c(NC(=O)c2ccc(C#N)cc2)sc2c1CCCCC2. The second-order valence-electron chi connectivity index (χ2n) is 6.59. The van der Waals surface area contributed by atoms with E-state index >= 15 is 0 Å². The molecule has 1 heterocycles. The van der Waals surface area contributed by atoms with Crippen LogP contribution >= 0.6 is 11.3 Å². The minimum absolute atomic E-state index is 0.156. The Hall–Kier alpha value is -3.18. The van der Waals surface area contributed by atoms with E-state index in [9.17, 15) is 14.4 Å². The summed E-state index contributed by atoms with van der Waals surface area (Å²) in [6, 6.07) is 8.25. The molecule has 0 aliphatic heterocycles. The van der Waals surface area contributed by atoms with Gasteiger partial charge < -0.3 is 10.1 Å². The van der Waals surface area contributed by atoms with Crippen molar-refractivity contribution < 1.29 is 19.1 Å². The zero-order valence-electron chi connectivity index (χ0n) is 16.0. The molecule has 0 saturated heterocycles. The van der Waals surface area contributed by atoms with Gasteiger partial charge >= 0.3 is 6.09 Å². The molecule has 0 saturated carbocycles. The van der Waals surface area contributed by atoms with Gasteiger partial charge in [0.2, 0.25) is 0 Å². The molecule has 1 aromatic carbocycles. The number of hydrogen-bond acceptors (Lipinski definition) is 6. The predicted molar refractivity (Wildman–Crippen MR) is 109 cm³/mol. The highest BCUT2D eigenvalue weighted by Gasteiger charge is 2.27. The van der Waals surface area contributed by atoms with Gasteiger partial charge in [-0.1, -0.05) is 6.42 Å². The lowest BCUT2D eigenvalue weighted by Gasteiger charge is -2.09. The molecule has 7 nitrogen and oxygen atoms in total. The highest BCUT2D eigenvalue weighted by molar-refractivity contribution is 7.17. The van der Waals surface area contributed by atoms with E-state index in [1.54, 1.807) is 31.2 Å². The number of carbonyl (C=O) groups excluding carboxylic acids is 3. The lowest BCUT2D eigenvalue weighted by molar-refractivity contribution is 0.0925. The molecule has 0 spiro atoms. The zero-order chi connectivity index (χ0) is 20.8. The van der Waals surface area contributed by atoms with E-state index in [0.29, 0.717) is 21.7 Å². The largest absolute Gasteiger partial charge is 0.450 e. The van der Waals surface area contributed by atoms with Gasteiger partial charge in [-0.25, -0.2) is 4.79 Å². The number of hydrogen-bond donors (Lipinski definition) is 2. The Kier molecular flexibility index (Phi) is 6.62. The molecule has 0 unspecified atom stereocenters. The van der Waals surface area contributed by atoms with Crippen LogP contribution in [0.4, 0.5) is 9.80 Å². The summed E-state index contributed by atoms with van der Waals surface area (Å²) in [7, 11) is 0. The molecule has 2 aromatic rings. The summed E-state index contributed by atoms with van der Waals surface area (Å²) in [6.07, 6.45) is 3.81. The summed E-state index contributed by atoms with van der Waals surface area (Å²) in [5.74, 6) is -0.950. The van der Waals surface area contributed by atoms with Gasteiger partial charge in [0.15, 0.2) is 0 Å². The standard InChI is InChI=1S/C21H21N3O4S/c1-2-28-21(27)24-19(26)17-15-6-4-3-5-7-16(15)29-20(17)23-18(25)14-10-8-13(12-22)9-11-14/h8-11H,2-7H2,1H3,(H,23,25)(H,24,26,27). The van der Waals surface area contributed by atoms with Crippen LogP contribution in [0.25, 0.3) is 0 Å². The van der Waals surface area contributed by atoms with Crippen molar-refractivity contribution in [3.63, 3.8) is 0 Å². The number of nitriles is 1. The molecule has 3 amide bonds. The highest BCUT2D eigenvalue weighted by Crippen LogP contribution is 2.37. The van der Waals surface area contributed by atoms with Crippen LogP contribution in [-0.2, 0) is 17.6 Å². The number of rotatable bonds is 4. The smallest absolute Gasteiger partial charge is 0.414 e. The molecule has 0 radical (unpaired) electrons. The van der Waals surface area contributed by atoms with E-state index in [0.717, 1.165) is 42.5 Å². The number of nitrogens with zero attached hydrogens (tertiary/aromatic N) is 1. The van der Waals surface area contributed by atoms with Crippen molar-refractivity contribution in [2.24, 2.45) is 0 Å². The first-order chi connectivity index (χ1) is 14.0. The lowest BCUT2D eigenvalue weighted by atomic mass is 10.0. The van der Waals surface area contributed by atoms with E-state index in [1.807, 2.05) is 6.07 Å². The molecule has 1 aliphatic carbocycles. The average Bonchev–Trinajstić information content (AvgIpc) is 2.88. The molecule has 3 rings (SSSR count). The van der Waals surface area contributed by atoms with Crippen molar-refractivity contribution in [3.8, 4) is 6.07 Å². The fourth-order valence-corrected chi connectivity index (χ4v) is 4.55. The van der Waals surface area contributed by atoms with Crippen LogP contribution in [0, 0.1) is 11.3 Å². The average molecular weight is 411 g/mol. The van der Waals surface area contributed by atoms with Crippen LogP contribution in [0.3, 0.4) is 0 Å². The molecule has 0 bridgehead atoms. The molecule has 8 heteroatoms. The molecule has 150 valence electrons. The number of benzene rings is 1.